The predicted molar refractivity (Wildman–Crippen MR) is 88.3 cm³/mol. The van der Waals surface area contributed by atoms with E-state index in [1.165, 1.54) is 36.8 Å². The number of hydrogen-bond acceptors (Lipinski definition) is 3. The Labute approximate surface area is 127 Å². The second kappa shape index (κ2) is 6.54. The molecule has 1 aromatic heterocycles. The lowest BCUT2D eigenvalue weighted by Crippen LogP contribution is -2.39. The molecule has 1 aliphatic rings. The fourth-order valence-corrected chi connectivity index (χ4v) is 3.39. The molecule has 0 unspecified atom stereocenters. The van der Waals surface area contributed by atoms with Crippen molar-refractivity contribution in [2.45, 2.75) is 44.3 Å². The summed E-state index contributed by atoms with van der Waals surface area (Å²) in [5, 5.41) is 4.62. The third-order valence-corrected chi connectivity index (χ3v) is 4.80. The van der Waals surface area contributed by atoms with E-state index >= 15 is 0 Å². The fourth-order valence-electron chi connectivity index (χ4n) is 3.39. The number of benzene rings is 1. The van der Waals surface area contributed by atoms with Crippen LogP contribution in [0.15, 0.2) is 36.4 Å². The Bertz CT molecular complexity index is 588. The number of pyridine rings is 1. The molecule has 1 N–H and O–H groups in total. The van der Waals surface area contributed by atoms with Crippen LogP contribution in [-0.2, 0) is 6.54 Å². The standard InChI is InChI=1S/C18H25N3/c1-19-15-9-11-17(12-10-15)21(2)13-16-8-7-14-5-3-4-6-18(14)20-16/h3-8,15,17,19H,9-13H2,1-2H3. The minimum Gasteiger partial charge on any atom is -0.317 e. The van der Waals surface area contributed by atoms with Gasteiger partial charge in [-0.3, -0.25) is 9.88 Å². The molecule has 0 spiro atoms. The number of nitrogens with one attached hydrogen (secondary N) is 1. The van der Waals surface area contributed by atoms with Crippen LogP contribution in [0.4, 0.5) is 0 Å². The Kier molecular flexibility index (Phi) is 4.51. The second-order valence-electron chi connectivity index (χ2n) is 6.20. The summed E-state index contributed by atoms with van der Waals surface area (Å²) in [6.07, 6.45) is 5.15. The van der Waals surface area contributed by atoms with Crippen LogP contribution in [0.3, 0.4) is 0 Å². The Morgan fingerprint density at radius 1 is 1.10 bits per heavy atom. The zero-order valence-corrected chi connectivity index (χ0v) is 13.0. The van der Waals surface area contributed by atoms with Crippen molar-refractivity contribution < 1.29 is 0 Å². The maximum Gasteiger partial charge on any atom is 0.0705 e. The van der Waals surface area contributed by atoms with Crippen LogP contribution < -0.4 is 5.32 Å². The third-order valence-electron chi connectivity index (χ3n) is 4.80. The average Bonchev–Trinajstić information content (AvgIpc) is 2.55. The van der Waals surface area contributed by atoms with Crippen molar-refractivity contribution in [3.8, 4) is 0 Å². The van der Waals surface area contributed by atoms with Crippen molar-refractivity contribution in [1.29, 1.82) is 0 Å². The highest BCUT2D eigenvalue weighted by Crippen LogP contribution is 2.23. The number of aromatic nitrogens is 1. The van der Waals surface area contributed by atoms with Crippen LogP contribution in [-0.4, -0.2) is 36.1 Å². The van der Waals surface area contributed by atoms with E-state index in [9.17, 15) is 0 Å². The highest BCUT2D eigenvalue weighted by molar-refractivity contribution is 5.78. The predicted octanol–water partition coefficient (Wildman–Crippen LogP) is 3.20. The molecular weight excluding hydrogens is 258 g/mol. The monoisotopic (exact) mass is 283 g/mol. The molecule has 0 saturated heterocycles. The van der Waals surface area contributed by atoms with E-state index in [4.69, 9.17) is 4.98 Å². The van der Waals surface area contributed by atoms with Crippen LogP contribution >= 0.6 is 0 Å². The number of rotatable bonds is 4. The lowest BCUT2D eigenvalue weighted by atomic mass is 9.90. The molecule has 0 aliphatic heterocycles. The molecule has 1 heterocycles. The Balaban J connectivity index is 1.64. The molecule has 112 valence electrons. The maximum atomic E-state index is 4.79. The molecular formula is C18H25N3. The van der Waals surface area contributed by atoms with Gasteiger partial charge in [-0.05, 0) is 51.9 Å². The Morgan fingerprint density at radius 3 is 2.62 bits per heavy atom. The minimum atomic E-state index is 0.697. The zero-order valence-electron chi connectivity index (χ0n) is 13.0. The summed E-state index contributed by atoms with van der Waals surface area (Å²) < 4.78 is 0. The molecule has 1 fully saturated rings. The topological polar surface area (TPSA) is 28.2 Å². The quantitative estimate of drug-likeness (QED) is 0.934. The molecule has 3 nitrogen and oxygen atoms in total. The summed E-state index contributed by atoms with van der Waals surface area (Å²) in [4.78, 5) is 7.26. The van der Waals surface area contributed by atoms with Crippen molar-refractivity contribution in [2.24, 2.45) is 0 Å². The van der Waals surface area contributed by atoms with Gasteiger partial charge < -0.3 is 5.32 Å². The summed E-state index contributed by atoms with van der Waals surface area (Å²) in [5.41, 5.74) is 2.27. The van der Waals surface area contributed by atoms with Gasteiger partial charge >= 0.3 is 0 Å². The Morgan fingerprint density at radius 2 is 1.86 bits per heavy atom. The van der Waals surface area contributed by atoms with Gasteiger partial charge in [0.15, 0.2) is 0 Å². The first-order chi connectivity index (χ1) is 10.3. The van der Waals surface area contributed by atoms with Gasteiger partial charge in [0.1, 0.15) is 0 Å². The van der Waals surface area contributed by atoms with Gasteiger partial charge in [0.2, 0.25) is 0 Å². The zero-order chi connectivity index (χ0) is 14.7. The molecule has 0 bridgehead atoms. The van der Waals surface area contributed by atoms with Crippen molar-refractivity contribution in [1.82, 2.24) is 15.2 Å². The van der Waals surface area contributed by atoms with Gasteiger partial charge in [0.25, 0.3) is 0 Å². The van der Waals surface area contributed by atoms with Gasteiger partial charge in [-0.2, -0.15) is 0 Å². The summed E-state index contributed by atoms with van der Waals surface area (Å²) in [6.45, 7) is 0.944. The van der Waals surface area contributed by atoms with Gasteiger partial charge in [0, 0.05) is 24.0 Å². The van der Waals surface area contributed by atoms with Crippen LogP contribution in [0.25, 0.3) is 10.9 Å². The molecule has 0 atom stereocenters. The minimum absolute atomic E-state index is 0.697. The summed E-state index contributed by atoms with van der Waals surface area (Å²) >= 11 is 0. The smallest absolute Gasteiger partial charge is 0.0705 e. The van der Waals surface area contributed by atoms with Gasteiger partial charge in [0.05, 0.1) is 11.2 Å². The maximum absolute atomic E-state index is 4.79. The fraction of sp³-hybridized carbons (Fsp3) is 0.500. The summed E-state index contributed by atoms with van der Waals surface area (Å²) in [6, 6.07) is 14.1. The molecule has 0 amide bonds. The summed E-state index contributed by atoms with van der Waals surface area (Å²) in [7, 11) is 4.31. The first-order valence-corrected chi connectivity index (χ1v) is 7.98. The van der Waals surface area contributed by atoms with Crippen molar-refractivity contribution >= 4 is 10.9 Å². The molecule has 0 radical (unpaired) electrons. The normalized spacial score (nSPS) is 22.8. The highest BCUT2D eigenvalue weighted by atomic mass is 15.1. The highest BCUT2D eigenvalue weighted by Gasteiger charge is 2.23. The molecule has 1 aromatic carbocycles. The number of para-hydroxylation sites is 1. The average molecular weight is 283 g/mol. The molecule has 1 saturated carbocycles. The van der Waals surface area contributed by atoms with Gasteiger partial charge in [-0.25, -0.2) is 0 Å². The largest absolute Gasteiger partial charge is 0.317 e. The van der Waals surface area contributed by atoms with Gasteiger partial charge in [-0.1, -0.05) is 24.3 Å². The van der Waals surface area contributed by atoms with E-state index in [1.54, 1.807) is 0 Å². The van der Waals surface area contributed by atoms with Crippen molar-refractivity contribution in [3.05, 3.63) is 42.1 Å². The van der Waals surface area contributed by atoms with E-state index < -0.39 is 0 Å². The number of nitrogens with zero attached hydrogens (tertiary/aromatic N) is 2. The Hall–Kier alpha value is -1.45. The van der Waals surface area contributed by atoms with Crippen LogP contribution in [0.5, 0.6) is 0 Å². The lowest BCUT2D eigenvalue weighted by molar-refractivity contribution is 0.168. The van der Waals surface area contributed by atoms with E-state index in [-0.39, 0.29) is 0 Å². The van der Waals surface area contributed by atoms with E-state index in [0.717, 1.165) is 12.1 Å². The third kappa shape index (κ3) is 3.42. The van der Waals surface area contributed by atoms with E-state index in [2.05, 4.69) is 60.7 Å². The number of hydrogen-bond donors (Lipinski definition) is 1. The van der Waals surface area contributed by atoms with E-state index in [0.29, 0.717) is 12.1 Å². The SMILES string of the molecule is CNC1CCC(N(C)Cc2ccc3ccccc3n2)CC1. The van der Waals surface area contributed by atoms with Crippen LogP contribution in [0.1, 0.15) is 31.4 Å². The van der Waals surface area contributed by atoms with E-state index in [1.807, 2.05) is 0 Å². The second-order valence-corrected chi connectivity index (χ2v) is 6.20. The lowest BCUT2D eigenvalue weighted by Gasteiger charge is -2.34. The van der Waals surface area contributed by atoms with Gasteiger partial charge in [-0.15, -0.1) is 0 Å². The first kappa shape index (κ1) is 14.5. The molecule has 3 heteroatoms. The van der Waals surface area contributed by atoms with Crippen molar-refractivity contribution in [3.63, 3.8) is 0 Å². The molecule has 21 heavy (non-hydrogen) atoms. The van der Waals surface area contributed by atoms with Crippen LogP contribution in [0.2, 0.25) is 0 Å². The van der Waals surface area contributed by atoms with Crippen molar-refractivity contribution in [2.75, 3.05) is 14.1 Å². The van der Waals surface area contributed by atoms with Crippen LogP contribution in [0, 0.1) is 0 Å². The summed E-state index contributed by atoms with van der Waals surface area (Å²) in [5.74, 6) is 0. The molecule has 2 aromatic rings. The number of fused-ring (bicyclic) bond motifs is 1. The first-order valence-electron chi connectivity index (χ1n) is 7.98. The molecule has 3 rings (SSSR count). The molecule has 1 aliphatic carbocycles.